The van der Waals surface area contributed by atoms with E-state index >= 15 is 0 Å². The third-order valence-electron chi connectivity index (χ3n) is 5.08. The molecule has 0 bridgehead atoms. The first-order valence-corrected chi connectivity index (χ1v) is 8.55. The summed E-state index contributed by atoms with van der Waals surface area (Å²) >= 11 is 0. The molecule has 0 aromatic carbocycles. The smallest absolute Gasteiger partial charge is 0.410 e. The van der Waals surface area contributed by atoms with E-state index in [1.54, 1.807) is 4.90 Å². The van der Waals surface area contributed by atoms with Gasteiger partial charge in [0, 0.05) is 37.2 Å². The largest absolute Gasteiger partial charge is 0.444 e. The van der Waals surface area contributed by atoms with E-state index in [1.165, 1.54) is 0 Å². The van der Waals surface area contributed by atoms with Crippen LogP contribution in [-0.2, 0) is 9.47 Å². The van der Waals surface area contributed by atoms with Gasteiger partial charge in [0.1, 0.15) is 5.60 Å². The quantitative estimate of drug-likeness (QED) is 0.848. The van der Waals surface area contributed by atoms with E-state index in [0.717, 1.165) is 32.5 Å². The van der Waals surface area contributed by atoms with Crippen LogP contribution < -0.4 is 5.32 Å². The Kier molecular flexibility index (Phi) is 5.07. The zero-order chi connectivity index (χ0) is 16.5. The summed E-state index contributed by atoms with van der Waals surface area (Å²) < 4.78 is 11.2. The number of ether oxygens (including phenoxy) is 2. The number of rotatable bonds is 5. The summed E-state index contributed by atoms with van der Waals surface area (Å²) in [5.74, 6) is 0. The van der Waals surface area contributed by atoms with Gasteiger partial charge in [-0.15, -0.1) is 0 Å². The number of likely N-dealkylation sites (tertiary alicyclic amines) is 1. The van der Waals surface area contributed by atoms with Crippen LogP contribution >= 0.6 is 0 Å². The van der Waals surface area contributed by atoms with Crippen molar-refractivity contribution in [3.05, 3.63) is 0 Å². The first-order chi connectivity index (χ1) is 10.2. The molecule has 5 nitrogen and oxygen atoms in total. The summed E-state index contributed by atoms with van der Waals surface area (Å²) in [6, 6.07) is 0.866. The number of carbonyl (C=O) groups excluding carboxylic acids is 1. The van der Waals surface area contributed by atoms with Crippen LogP contribution in [0.2, 0.25) is 0 Å². The average Bonchev–Trinajstić information content (AvgIpc) is 2.36. The molecule has 5 heteroatoms. The molecule has 1 amide bonds. The van der Waals surface area contributed by atoms with Crippen molar-refractivity contribution in [3.63, 3.8) is 0 Å². The SMILES string of the molecule is CCOC1CC(NC2CN(C(=O)OC(C)(C)C)C2)C1(C)CC. The Balaban J connectivity index is 1.75. The highest BCUT2D eigenvalue weighted by Crippen LogP contribution is 2.46. The van der Waals surface area contributed by atoms with E-state index in [-0.39, 0.29) is 11.5 Å². The normalized spacial score (nSPS) is 32.4. The van der Waals surface area contributed by atoms with E-state index in [9.17, 15) is 4.79 Å². The summed E-state index contributed by atoms with van der Waals surface area (Å²) in [5.41, 5.74) is -0.211. The Morgan fingerprint density at radius 1 is 1.32 bits per heavy atom. The summed E-state index contributed by atoms with van der Waals surface area (Å²) in [5, 5.41) is 3.70. The second-order valence-electron chi connectivity index (χ2n) is 7.84. The maximum Gasteiger partial charge on any atom is 0.410 e. The molecule has 3 unspecified atom stereocenters. The first-order valence-electron chi connectivity index (χ1n) is 8.55. The standard InChI is InChI=1S/C17H32N2O3/c1-7-17(6)13(9-14(17)21-8-2)18-12-10-19(11-12)15(20)22-16(3,4)5/h12-14,18H,7-11H2,1-6H3. The Hall–Kier alpha value is -0.810. The van der Waals surface area contributed by atoms with Crippen LogP contribution in [0.3, 0.4) is 0 Å². The third kappa shape index (κ3) is 3.57. The average molecular weight is 312 g/mol. The number of hydrogen-bond acceptors (Lipinski definition) is 4. The Bertz CT molecular complexity index is 401. The van der Waals surface area contributed by atoms with Crippen LogP contribution in [0.5, 0.6) is 0 Å². The molecule has 2 aliphatic rings. The van der Waals surface area contributed by atoms with Gasteiger partial charge in [-0.2, -0.15) is 0 Å². The summed E-state index contributed by atoms with van der Waals surface area (Å²) in [6.45, 7) is 14.5. The van der Waals surface area contributed by atoms with Crippen LogP contribution in [0.15, 0.2) is 0 Å². The third-order valence-corrected chi connectivity index (χ3v) is 5.08. The summed E-state index contributed by atoms with van der Waals surface area (Å²) in [7, 11) is 0. The van der Waals surface area contributed by atoms with Crippen LogP contribution in [-0.4, -0.2) is 54.5 Å². The molecule has 1 heterocycles. The van der Waals surface area contributed by atoms with Crippen molar-refractivity contribution in [1.29, 1.82) is 0 Å². The van der Waals surface area contributed by atoms with Gasteiger partial charge < -0.3 is 19.7 Å². The van der Waals surface area contributed by atoms with Crippen molar-refractivity contribution in [2.45, 2.75) is 78.2 Å². The highest BCUT2D eigenvalue weighted by atomic mass is 16.6. The van der Waals surface area contributed by atoms with Crippen molar-refractivity contribution in [2.24, 2.45) is 5.41 Å². The second kappa shape index (κ2) is 6.36. The second-order valence-corrected chi connectivity index (χ2v) is 7.84. The molecule has 1 N–H and O–H groups in total. The Labute approximate surface area is 134 Å². The topological polar surface area (TPSA) is 50.8 Å². The molecule has 2 rings (SSSR count). The predicted octanol–water partition coefficient (Wildman–Crippen LogP) is 2.79. The van der Waals surface area contributed by atoms with Gasteiger partial charge in [0.05, 0.1) is 6.10 Å². The molecular weight excluding hydrogens is 280 g/mol. The Morgan fingerprint density at radius 3 is 2.45 bits per heavy atom. The van der Waals surface area contributed by atoms with Gasteiger partial charge in [-0.3, -0.25) is 0 Å². The van der Waals surface area contributed by atoms with Gasteiger partial charge in [-0.25, -0.2) is 4.79 Å². The Morgan fingerprint density at radius 2 is 1.95 bits per heavy atom. The molecule has 128 valence electrons. The lowest BCUT2D eigenvalue weighted by atomic mass is 9.61. The lowest BCUT2D eigenvalue weighted by Crippen LogP contribution is -2.69. The maximum absolute atomic E-state index is 11.9. The molecule has 2 fully saturated rings. The summed E-state index contributed by atoms with van der Waals surface area (Å²) in [4.78, 5) is 13.7. The van der Waals surface area contributed by atoms with Gasteiger partial charge in [0.15, 0.2) is 0 Å². The first kappa shape index (κ1) is 17.5. The monoisotopic (exact) mass is 312 g/mol. The minimum atomic E-state index is -0.422. The van der Waals surface area contributed by atoms with Crippen molar-refractivity contribution in [3.8, 4) is 0 Å². The van der Waals surface area contributed by atoms with Crippen molar-refractivity contribution < 1.29 is 14.3 Å². The molecule has 1 aliphatic carbocycles. The molecule has 22 heavy (non-hydrogen) atoms. The highest BCUT2D eigenvalue weighted by molar-refractivity contribution is 5.69. The van der Waals surface area contributed by atoms with E-state index in [2.05, 4.69) is 26.1 Å². The fourth-order valence-corrected chi connectivity index (χ4v) is 3.35. The van der Waals surface area contributed by atoms with E-state index in [0.29, 0.717) is 18.2 Å². The number of hydrogen-bond donors (Lipinski definition) is 1. The lowest BCUT2D eigenvalue weighted by molar-refractivity contribution is -0.131. The molecule has 1 saturated carbocycles. The van der Waals surface area contributed by atoms with Crippen molar-refractivity contribution in [2.75, 3.05) is 19.7 Å². The molecule has 3 atom stereocenters. The molecule has 0 aromatic heterocycles. The maximum atomic E-state index is 11.9. The number of nitrogens with zero attached hydrogens (tertiary/aromatic N) is 1. The van der Waals surface area contributed by atoms with Crippen LogP contribution in [0, 0.1) is 5.41 Å². The van der Waals surface area contributed by atoms with Crippen LogP contribution in [0.1, 0.15) is 54.4 Å². The van der Waals surface area contributed by atoms with Gasteiger partial charge in [-0.1, -0.05) is 13.8 Å². The van der Waals surface area contributed by atoms with E-state index in [1.807, 2.05) is 20.8 Å². The van der Waals surface area contributed by atoms with Crippen LogP contribution in [0.25, 0.3) is 0 Å². The lowest BCUT2D eigenvalue weighted by Gasteiger charge is -2.56. The van der Waals surface area contributed by atoms with Gasteiger partial charge in [0.2, 0.25) is 0 Å². The number of amides is 1. The number of carbonyl (C=O) groups is 1. The highest BCUT2D eigenvalue weighted by Gasteiger charge is 2.52. The molecule has 1 saturated heterocycles. The zero-order valence-electron chi connectivity index (χ0n) is 14.9. The van der Waals surface area contributed by atoms with Gasteiger partial charge in [-0.05, 0) is 40.5 Å². The predicted molar refractivity (Wildman–Crippen MR) is 86.9 cm³/mol. The van der Waals surface area contributed by atoms with Crippen LogP contribution in [0.4, 0.5) is 4.79 Å². The molecule has 0 spiro atoms. The van der Waals surface area contributed by atoms with Crippen molar-refractivity contribution >= 4 is 6.09 Å². The van der Waals surface area contributed by atoms with E-state index in [4.69, 9.17) is 9.47 Å². The minimum Gasteiger partial charge on any atom is -0.444 e. The molecule has 0 radical (unpaired) electrons. The van der Waals surface area contributed by atoms with Crippen molar-refractivity contribution in [1.82, 2.24) is 10.2 Å². The summed E-state index contributed by atoms with van der Waals surface area (Å²) in [6.07, 6.45) is 2.34. The molecule has 0 aromatic rings. The van der Waals surface area contributed by atoms with E-state index < -0.39 is 5.60 Å². The zero-order valence-corrected chi connectivity index (χ0v) is 14.9. The fraction of sp³-hybridized carbons (Fsp3) is 0.941. The van der Waals surface area contributed by atoms with Gasteiger partial charge in [0.25, 0.3) is 0 Å². The van der Waals surface area contributed by atoms with Gasteiger partial charge >= 0.3 is 6.09 Å². The number of nitrogens with one attached hydrogen (secondary N) is 1. The minimum absolute atomic E-state index is 0.204. The fourth-order valence-electron chi connectivity index (χ4n) is 3.35. The molecule has 1 aliphatic heterocycles. The molecular formula is C17H32N2O3.